The Labute approximate surface area is 136 Å². The second-order valence-corrected chi connectivity index (χ2v) is 6.20. The summed E-state index contributed by atoms with van der Waals surface area (Å²) < 4.78 is 4.80. The molecule has 4 nitrogen and oxygen atoms in total. The average Bonchev–Trinajstić information content (AvgIpc) is 3.00. The Morgan fingerprint density at radius 1 is 1.32 bits per heavy atom. The summed E-state index contributed by atoms with van der Waals surface area (Å²) in [5.41, 5.74) is 0.820. The maximum atomic E-state index is 12.2. The van der Waals surface area contributed by atoms with Crippen LogP contribution in [0.1, 0.15) is 37.7 Å². The molecule has 1 saturated carbocycles. The van der Waals surface area contributed by atoms with E-state index in [1.807, 2.05) is 18.2 Å². The molecule has 0 radical (unpaired) electrons. The molecule has 0 aromatic heterocycles. The molecule has 1 amide bonds. The minimum Gasteiger partial charge on any atom is -0.467 e. The minimum atomic E-state index is -0.696. The Hall–Kier alpha value is -1.55. The fraction of sp³-hybridized carbons (Fsp3) is 0.529. The van der Waals surface area contributed by atoms with E-state index in [-0.39, 0.29) is 5.91 Å². The zero-order valence-corrected chi connectivity index (χ0v) is 13.6. The summed E-state index contributed by atoms with van der Waals surface area (Å²) in [6.45, 7) is 0. The number of methoxy groups -OCH3 is 1. The van der Waals surface area contributed by atoms with Gasteiger partial charge in [-0.15, -0.1) is 0 Å². The monoisotopic (exact) mass is 323 g/mol. The highest BCUT2D eigenvalue weighted by Gasteiger charge is 2.25. The molecule has 22 heavy (non-hydrogen) atoms. The highest BCUT2D eigenvalue weighted by Crippen LogP contribution is 2.27. The normalized spacial score (nSPS) is 16.3. The van der Waals surface area contributed by atoms with Crippen molar-refractivity contribution in [2.45, 2.75) is 44.6 Å². The Bertz CT molecular complexity index is 526. The molecule has 5 heteroatoms. The summed E-state index contributed by atoms with van der Waals surface area (Å²) in [7, 11) is 1.32. The molecule has 0 aliphatic heterocycles. The first-order valence-electron chi connectivity index (χ1n) is 7.70. The second-order valence-electron chi connectivity index (χ2n) is 5.79. The average molecular weight is 324 g/mol. The highest BCUT2D eigenvalue weighted by atomic mass is 35.5. The van der Waals surface area contributed by atoms with Crippen molar-refractivity contribution in [3.05, 3.63) is 34.9 Å². The van der Waals surface area contributed by atoms with E-state index in [1.165, 1.54) is 20.0 Å². The number of hydrogen-bond acceptors (Lipinski definition) is 3. The van der Waals surface area contributed by atoms with Gasteiger partial charge in [-0.05, 0) is 30.4 Å². The quantitative estimate of drug-likeness (QED) is 0.818. The zero-order valence-electron chi connectivity index (χ0n) is 12.8. The largest absolute Gasteiger partial charge is 0.467 e. The smallest absolute Gasteiger partial charge is 0.328 e. The molecule has 0 saturated heterocycles. The molecule has 1 atom stereocenters. The van der Waals surface area contributed by atoms with Gasteiger partial charge in [0, 0.05) is 17.9 Å². The van der Waals surface area contributed by atoms with E-state index >= 15 is 0 Å². The first kappa shape index (κ1) is 16.8. The van der Waals surface area contributed by atoms with Crippen molar-refractivity contribution in [1.29, 1.82) is 0 Å². The lowest BCUT2D eigenvalue weighted by Crippen LogP contribution is -2.43. The molecule has 0 unspecified atom stereocenters. The van der Waals surface area contributed by atoms with Gasteiger partial charge in [0.2, 0.25) is 5.91 Å². The number of nitrogens with one attached hydrogen (secondary N) is 1. The summed E-state index contributed by atoms with van der Waals surface area (Å²) in [6.07, 6.45) is 5.40. The Balaban J connectivity index is 1.98. The van der Waals surface area contributed by atoms with Crippen LogP contribution in [0.15, 0.2) is 24.3 Å². The van der Waals surface area contributed by atoms with E-state index in [0.29, 0.717) is 23.8 Å². The van der Waals surface area contributed by atoms with Gasteiger partial charge in [0.1, 0.15) is 6.04 Å². The highest BCUT2D eigenvalue weighted by molar-refractivity contribution is 6.31. The van der Waals surface area contributed by atoms with Crippen LogP contribution >= 0.6 is 11.6 Å². The van der Waals surface area contributed by atoms with Gasteiger partial charge in [-0.2, -0.15) is 0 Å². The molecular formula is C17H22ClNO3. The lowest BCUT2D eigenvalue weighted by molar-refractivity contribution is -0.145. The van der Waals surface area contributed by atoms with Gasteiger partial charge in [-0.1, -0.05) is 42.6 Å². The van der Waals surface area contributed by atoms with Crippen molar-refractivity contribution in [3.63, 3.8) is 0 Å². The molecule has 1 aromatic carbocycles. The number of esters is 1. The Kier molecular flexibility index (Phi) is 6.25. The van der Waals surface area contributed by atoms with Gasteiger partial charge >= 0.3 is 5.97 Å². The first-order valence-corrected chi connectivity index (χ1v) is 8.08. The molecule has 120 valence electrons. The standard InChI is InChI=1S/C17H22ClNO3/c1-22-17(21)15(11-13-8-4-5-9-14(13)18)19-16(20)10-12-6-2-3-7-12/h4-5,8-9,12,15H,2-3,6-7,10-11H2,1H3,(H,19,20)/t15-/m1/s1. The predicted molar refractivity (Wildman–Crippen MR) is 85.7 cm³/mol. The molecule has 2 rings (SSSR count). The number of halogens is 1. The van der Waals surface area contributed by atoms with Crippen LogP contribution in [0, 0.1) is 5.92 Å². The molecule has 0 bridgehead atoms. The third-order valence-electron chi connectivity index (χ3n) is 4.15. The van der Waals surface area contributed by atoms with Crippen LogP contribution in [0.25, 0.3) is 0 Å². The number of benzene rings is 1. The first-order chi connectivity index (χ1) is 10.6. The number of hydrogen-bond donors (Lipinski definition) is 1. The van der Waals surface area contributed by atoms with Crippen LogP contribution in [0.3, 0.4) is 0 Å². The number of rotatable bonds is 6. The van der Waals surface area contributed by atoms with Gasteiger partial charge < -0.3 is 10.1 Å². The van der Waals surface area contributed by atoms with Crippen LogP contribution < -0.4 is 5.32 Å². The molecule has 0 spiro atoms. The van der Waals surface area contributed by atoms with Crippen molar-refractivity contribution >= 4 is 23.5 Å². The second kappa shape index (κ2) is 8.18. The SMILES string of the molecule is COC(=O)[C@@H](Cc1ccccc1Cl)NC(=O)CC1CCCC1. The zero-order chi connectivity index (χ0) is 15.9. The van der Waals surface area contributed by atoms with Crippen LogP contribution in [-0.2, 0) is 20.7 Å². The van der Waals surface area contributed by atoms with Crippen LogP contribution in [0.2, 0.25) is 5.02 Å². The molecule has 0 heterocycles. The number of amides is 1. The van der Waals surface area contributed by atoms with Crippen molar-refractivity contribution < 1.29 is 14.3 Å². The van der Waals surface area contributed by atoms with Crippen LogP contribution in [0.4, 0.5) is 0 Å². The topological polar surface area (TPSA) is 55.4 Å². The summed E-state index contributed by atoms with van der Waals surface area (Å²) >= 11 is 6.13. The van der Waals surface area contributed by atoms with E-state index in [2.05, 4.69) is 5.32 Å². The number of ether oxygens (including phenoxy) is 1. The van der Waals surface area contributed by atoms with Gasteiger partial charge in [-0.25, -0.2) is 4.79 Å². The Morgan fingerprint density at radius 2 is 2.00 bits per heavy atom. The van der Waals surface area contributed by atoms with Crippen molar-refractivity contribution in [2.24, 2.45) is 5.92 Å². The lowest BCUT2D eigenvalue weighted by Gasteiger charge is -2.18. The molecule has 1 aliphatic carbocycles. The van der Waals surface area contributed by atoms with Crippen molar-refractivity contribution in [1.82, 2.24) is 5.32 Å². The summed E-state index contributed by atoms with van der Waals surface area (Å²) in [4.78, 5) is 24.1. The van der Waals surface area contributed by atoms with E-state index in [1.54, 1.807) is 6.07 Å². The molecule has 1 N–H and O–H groups in total. The number of carbonyl (C=O) groups excluding carboxylic acids is 2. The Morgan fingerprint density at radius 3 is 2.64 bits per heavy atom. The van der Waals surface area contributed by atoms with Crippen molar-refractivity contribution in [2.75, 3.05) is 7.11 Å². The maximum absolute atomic E-state index is 12.2. The van der Waals surface area contributed by atoms with Gasteiger partial charge in [0.05, 0.1) is 7.11 Å². The molecule has 1 aromatic rings. The van der Waals surface area contributed by atoms with Gasteiger partial charge in [0.25, 0.3) is 0 Å². The van der Waals surface area contributed by atoms with Crippen LogP contribution in [0.5, 0.6) is 0 Å². The molecular weight excluding hydrogens is 302 g/mol. The van der Waals surface area contributed by atoms with Gasteiger partial charge in [-0.3, -0.25) is 4.79 Å². The van der Waals surface area contributed by atoms with Crippen molar-refractivity contribution in [3.8, 4) is 0 Å². The van der Waals surface area contributed by atoms with Crippen LogP contribution in [-0.4, -0.2) is 25.0 Å². The minimum absolute atomic E-state index is 0.0886. The van der Waals surface area contributed by atoms with E-state index in [4.69, 9.17) is 16.3 Å². The van der Waals surface area contributed by atoms with Gasteiger partial charge in [0.15, 0.2) is 0 Å². The summed E-state index contributed by atoms with van der Waals surface area (Å²) in [6, 6.07) is 6.61. The summed E-state index contributed by atoms with van der Waals surface area (Å²) in [5.74, 6) is -0.0901. The fourth-order valence-corrected chi connectivity index (χ4v) is 3.16. The lowest BCUT2D eigenvalue weighted by atomic mass is 10.0. The predicted octanol–water partition coefficient (Wildman–Crippen LogP) is 3.12. The van der Waals surface area contributed by atoms with E-state index in [9.17, 15) is 9.59 Å². The third kappa shape index (κ3) is 4.73. The molecule has 1 fully saturated rings. The van der Waals surface area contributed by atoms with E-state index < -0.39 is 12.0 Å². The third-order valence-corrected chi connectivity index (χ3v) is 4.52. The maximum Gasteiger partial charge on any atom is 0.328 e. The van der Waals surface area contributed by atoms with E-state index in [0.717, 1.165) is 18.4 Å². The molecule has 1 aliphatic rings. The fourth-order valence-electron chi connectivity index (χ4n) is 2.95. The summed E-state index contributed by atoms with van der Waals surface area (Å²) in [5, 5.41) is 3.38. The number of carbonyl (C=O) groups is 2.